The van der Waals surface area contributed by atoms with E-state index in [1.165, 1.54) is 19.4 Å². The maximum absolute atomic E-state index is 3.52. The molecular weight excluding hydrogens is 184 g/mol. The van der Waals surface area contributed by atoms with Crippen LogP contribution < -0.4 is 5.32 Å². The molecule has 2 nitrogen and oxygen atoms in total. The Balaban J connectivity index is 2.05. The minimum atomic E-state index is 0.246. The van der Waals surface area contributed by atoms with Gasteiger partial charge in [-0.15, -0.1) is 0 Å². The van der Waals surface area contributed by atoms with Gasteiger partial charge in [0.05, 0.1) is 0 Å². The monoisotopic (exact) mass is 210 g/mol. The molecule has 1 N–H and O–H groups in total. The fraction of sp³-hybridized carbons (Fsp3) is 0.846. The van der Waals surface area contributed by atoms with Crippen molar-refractivity contribution in [3.63, 3.8) is 0 Å². The highest BCUT2D eigenvalue weighted by Crippen LogP contribution is 2.18. The summed E-state index contributed by atoms with van der Waals surface area (Å²) in [4.78, 5) is 2.44. The molecule has 1 aliphatic rings. The fourth-order valence-electron chi connectivity index (χ4n) is 1.98. The van der Waals surface area contributed by atoms with Gasteiger partial charge >= 0.3 is 0 Å². The van der Waals surface area contributed by atoms with Crippen LogP contribution in [0.25, 0.3) is 0 Å². The van der Waals surface area contributed by atoms with Crippen molar-refractivity contribution >= 4 is 0 Å². The van der Waals surface area contributed by atoms with Crippen LogP contribution in [0.4, 0.5) is 0 Å². The Hall–Kier alpha value is -0.340. The third-order valence-corrected chi connectivity index (χ3v) is 2.82. The summed E-state index contributed by atoms with van der Waals surface area (Å²) in [5.74, 6) is 0.865. The largest absolute Gasteiger partial charge is 0.311 e. The zero-order valence-electron chi connectivity index (χ0n) is 10.7. The summed E-state index contributed by atoms with van der Waals surface area (Å²) >= 11 is 0. The second-order valence-corrected chi connectivity index (χ2v) is 5.75. The van der Waals surface area contributed by atoms with E-state index < -0.39 is 0 Å². The van der Waals surface area contributed by atoms with Crippen molar-refractivity contribution < 1.29 is 0 Å². The third-order valence-electron chi connectivity index (χ3n) is 2.82. The van der Waals surface area contributed by atoms with Gasteiger partial charge in [0, 0.05) is 25.2 Å². The second kappa shape index (κ2) is 5.66. The Morgan fingerprint density at radius 2 is 1.87 bits per heavy atom. The summed E-state index contributed by atoms with van der Waals surface area (Å²) in [7, 11) is 2.22. The summed E-state index contributed by atoms with van der Waals surface area (Å²) in [5.41, 5.74) is 0.246. The van der Waals surface area contributed by atoms with E-state index in [0.29, 0.717) is 0 Å². The van der Waals surface area contributed by atoms with Gasteiger partial charge in [0.15, 0.2) is 0 Å². The molecule has 0 heterocycles. The van der Waals surface area contributed by atoms with Crippen molar-refractivity contribution in [1.29, 1.82) is 0 Å². The Bertz CT molecular complexity index is 195. The van der Waals surface area contributed by atoms with Crippen LogP contribution in [0, 0.1) is 5.92 Å². The average Bonchev–Trinajstić information content (AvgIpc) is 2.54. The van der Waals surface area contributed by atoms with Crippen LogP contribution in [0.15, 0.2) is 12.2 Å². The van der Waals surface area contributed by atoms with Crippen molar-refractivity contribution in [3.05, 3.63) is 12.2 Å². The maximum atomic E-state index is 3.52. The quantitative estimate of drug-likeness (QED) is 0.700. The van der Waals surface area contributed by atoms with Crippen molar-refractivity contribution in [1.82, 2.24) is 10.2 Å². The first kappa shape index (κ1) is 12.7. The van der Waals surface area contributed by atoms with E-state index in [1.54, 1.807) is 0 Å². The molecule has 2 heteroatoms. The molecule has 0 atom stereocenters. The topological polar surface area (TPSA) is 15.3 Å². The zero-order valence-corrected chi connectivity index (χ0v) is 10.7. The van der Waals surface area contributed by atoms with Crippen LogP contribution >= 0.6 is 0 Å². The highest BCUT2D eigenvalue weighted by molar-refractivity contribution is 4.94. The van der Waals surface area contributed by atoms with Crippen LogP contribution in [-0.2, 0) is 0 Å². The van der Waals surface area contributed by atoms with E-state index >= 15 is 0 Å². The lowest BCUT2D eigenvalue weighted by Gasteiger charge is -2.25. The summed E-state index contributed by atoms with van der Waals surface area (Å²) in [6, 6.07) is 0. The molecule has 0 aromatic carbocycles. The normalized spacial score (nSPS) is 17.9. The Morgan fingerprint density at radius 1 is 1.27 bits per heavy atom. The lowest BCUT2D eigenvalue weighted by atomic mass is 10.1. The van der Waals surface area contributed by atoms with E-state index in [1.807, 2.05) is 0 Å². The minimum Gasteiger partial charge on any atom is -0.311 e. The van der Waals surface area contributed by atoms with Crippen molar-refractivity contribution in [2.24, 2.45) is 5.92 Å². The van der Waals surface area contributed by atoms with E-state index in [4.69, 9.17) is 0 Å². The van der Waals surface area contributed by atoms with Crippen LogP contribution in [-0.4, -0.2) is 37.1 Å². The number of hydrogen-bond acceptors (Lipinski definition) is 2. The molecule has 88 valence electrons. The number of hydrogen-bond donors (Lipinski definition) is 1. The lowest BCUT2D eigenvalue weighted by Crippen LogP contribution is -2.41. The third kappa shape index (κ3) is 5.95. The van der Waals surface area contributed by atoms with Crippen molar-refractivity contribution in [2.75, 3.05) is 26.7 Å². The van der Waals surface area contributed by atoms with Gasteiger partial charge in [-0.3, -0.25) is 0 Å². The van der Waals surface area contributed by atoms with Crippen LogP contribution in [0.1, 0.15) is 33.6 Å². The Morgan fingerprint density at radius 3 is 2.40 bits per heavy atom. The summed E-state index contributed by atoms with van der Waals surface area (Å²) in [6.45, 7) is 10.1. The highest BCUT2D eigenvalue weighted by atomic mass is 15.1. The standard InChI is InChI=1S/C13H26N2/c1-13(2,3)14-9-10-15(4)11-12-7-5-6-8-12/h5-6,12,14H,7-11H2,1-4H3. The highest BCUT2D eigenvalue weighted by Gasteiger charge is 2.13. The molecule has 0 aromatic rings. The molecule has 0 saturated carbocycles. The van der Waals surface area contributed by atoms with Gasteiger partial charge < -0.3 is 10.2 Å². The number of nitrogens with zero attached hydrogens (tertiary/aromatic N) is 1. The fourth-order valence-corrected chi connectivity index (χ4v) is 1.98. The van der Waals surface area contributed by atoms with Gasteiger partial charge in [-0.05, 0) is 46.6 Å². The van der Waals surface area contributed by atoms with Gasteiger partial charge in [-0.2, -0.15) is 0 Å². The molecular formula is C13H26N2. The molecule has 0 amide bonds. The first-order valence-electron chi connectivity index (χ1n) is 6.06. The maximum Gasteiger partial charge on any atom is 0.0104 e. The molecule has 0 unspecified atom stereocenters. The SMILES string of the molecule is CN(CCNC(C)(C)C)CC1CC=CC1. The number of rotatable bonds is 5. The van der Waals surface area contributed by atoms with E-state index in [9.17, 15) is 0 Å². The summed E-state index contributed by atoms with van der Waals surface area (Å²) < 4.78 is 0. The molecule has 15 heavy (non-hydrogen) atoms. The molecule has 0 aromatic heterocycles. The predicted molar refractivity (Wildman–Crippen MR) is 67.1 cm³/mol. The van der Waals surface area contributed by atoms with Gasteiger partial charge in [-0.25, -0.2) is 0 Å². The van der Waals surface area contributed by atoms with E-state index in [-0.39, 0.29) is 5.54 Å². The molecule has 0 aliphatic heterocycles. The van der Waals surface area contributed by atoms with Gasteiger partial charge in [0.1, 0.15) is 0 Å². The van der Waals surface area contributed by atoms with Gasteiger partial charge in [0.25, 0.3) is 0 Å². The number of allylic oxidation sites excluding steroid dienone is 2. The summed E-state index contributed by atoms with van der Waals surface area (Å²) in [6.07, 6.45) is 7.17. The lowest BCUT2D eigenvalue weighted by molar-refractivity contribution is 0.270. The number of nitrogens with one attached hydrogen (secondary N) is 1. The van der Waals surface area contributed by atoms with Crippen molar-refractivity contribution in [2.45, 2.75) is 39.2 Å². The Labute approximate surface area is 94.7 Å². The van der Waals surface area contributed by atoms with Gasteiger partial charge in [0.2, 0.25) is 0 Å². The molecule has 0 saturated heterocycles. The minimum absolute atomic E-state index is 0.246. The molecule has 1 aliphatic carbocycles. The second-order valence-electron chi connectivity index (χ2n) is 5.75. The average molecular weight is 210 g/mol. The van der Waals surface area contributed by atoms with Crippen LogP contribution in [0.2, 0.25) is 0 Å². The molecule has 0 bridgehead atoms. The van der Waals surface area contributed by atoms with Crippen LogP contribution in [0.5, 0.6) is 0 Å². The van der Waals surface area contributed by atoms with Crippen LogP contribution in [0.3, 0.4) is 0 Å². The molecule has 1 rings (SSSR count). The van der Waals surface area contributed by atoms with Crippen molar-refractivity contribution in [3.8, 4) is 0 Å². The summed E-state index contributed by atoms with van der Waals surface area (Å²) in [5, 5.41) is 3.52. The first-order valence-corrected chi connectivity index (χ1v) is 6.06. The molecule has 0 radical (unpaired) electrons. The van der Waals surface area contributed by atoms with Gasteiger partial charge in [-0.1, -0.05) is 12.2 Å². The first-order chi connectivity index (χ1) is 6.97. The smallest absolute Gasteiger partial charge is 0.0104 e. The predicted octanol–water partition coefficient (Wildman–Crippen LogP) is 2.27. The van der Waals surface area contributed by atoms with E-state index in [0.717, 1.165) is 19.0 Å². The zero-order chi connectivity index (χ0) is 11.3. The Kier molecular flexibility index (Phi) is 4.81. The molecule has 0 spiro atoms. The molecule has 0 fully saturated rings. The number of likely N-dealkylation sites (N-methyl/N-ethyl adjacent to an activating group) is 1. The van der Waals surface area contributed by atoms with E-state index in [2.05, 4.69) is 50.2 Å².